The van der Waals surface area contributed by atoms with Gasteiger partial charge in [0, 0.05) is 0 Å². The van der Waals surface area contributed by atoms with E-state index in [1.807, 2.05) is 26.0 Å². The molecule has 0 fully saturated rings. The van der Waals surface area contributed by atoms with E-state index < -0.39 is 0 Å². The van der Waals surface area contributed by atoms with Crippen molar-refractivity contribution in [3.63, 3.8) is 0 Å². The first-order valence-corrected chi connectivity index (χ1v) is 5.12. The van der Waals surface area contributed by atoms with E-state index in [0.29, 0.717) is 0 Å². The van der Waals surface area contributed by atoms with Gasteiger partial charge in [-0.25, -0.2) is 0 Å². The summed E-state index contributed by atoms with van der Waals surface area (Å²) in [6.07, 6.45) is 1.56. The van der Waals surface area contributed by atoms with Gasteiger partial charge in [-0.1, -0.05) is 13.8 Å². The van der Waals surface area contributed by atoms with Crippen LogP contribution in [0.3, 0.4) is 0 Å². The Morgan fingerprint density at radius 2 is 1.31 bits per heavy atom. The number of aryl methyl sites for hydroxylation is 2. The van der Waals surface area contributed by atoms with E-state index >= 15 is 0 Å². The predicted octanol–water partition coefficient (Wildman–Crippen LogP) is 2.95. The summed E-state index contributed by atoms with van der Waals surface area (Å²) >= 11 is 0. The van der Waals surface area contributed by atoms with Crippen molar-refractivity contribution in [2.75, 3.05) is 0 Å². The highest BCUT2D eigenvalue weighted by Gasteiger charge is 2.12. The van der Waals surface area contributed by atoms with Crippen LogP contribution in [-0.2, 0) is 12.8 Å². The summed E-state index contributed by atoms with van der Waals surface area (Å²) in [5.74, 6) is 0. The van der Waals surface area contributed by atoms with E-state index in [4.69, 9.17) is 10.4 Å². The Balaban J connectivity index is 3.41. The molecule has 0 saturated heterocycles. The number of rotatable bonds is 2. The highest BCUT2D eigenvalue weighted by molar-refractivity contribution is 5.50. The summed E-state index contributed by atoms with van der Waals surface area (Å²) < 4.78 is 0. The van der Waals surface area contributed by atoms with Crippen molar-refractivity contribution in [1.82, 2.24) is 0 Å². The lowest BCUT2D eigenvalue weighted by Gasteiger charge is -2.02. The van der Waals surface area contributed by atoms with Gasteiger partial charge >= 0.3 is 12.1 Å². The molecule has 0 unspecified atom stereocenters. The average molecular weight is 218 g/mol. The second-order valence-electron chi connectivity index (χ2n) is 3.30. The van der Waals surface area contributed by atoms with E-state index in [0.717, 1.165) is 35.1 Å². The molecule has 0 aliphatic carbocycles. The Morgan fingerprint density at radius 3 is 1.56 bits per heavy atom. The molecule has 1 aromatic carbocycles. The highest BCUT2D eigenvalue weighted by Crippen LogP contribution is 2.17. The van der Waals surface area contributed by atoms with Gasteiger partial charge in [-0.15, -0.1) is 0 Å². The Kier molecular flexibility index (Phi) is 4.17. The van der Waals surface area contributed by atoms with Crippen LogP contribution in [0.25, 0.3) is 10.0 Å². The SMILES string of the molecule is CCc1cc(C#[N+]O)c(CC)cc1C#[N+]O. The molecule has 0 heterocycles. The van der Waals surface area contributed by atoms with Gasteiger partial charge in [0.15, 0.2) is 0 Å². The smallest absolute Gasteiger partial charge is 0.177 e. The summed E-state index contributed by atoms with van der Waals surface area (Å²) in [6.45, 7) is 3.98. The summed E-state index contributed by atoms with van der Waals surface area (Å²) in [6, 6.07) is 8.80. The number of nitrogens with zero attached hydrogens (tertiary/aromatic N) is 2. The minimum atomic E-state index is 0.755. The van der Waals surface area contributed by atoms with E-state index in [-0.39, 0.29) is 0 Å². The molecule has 0 aromatic heterocycles. The summed E-state index contributed by atoms with van der Waals surface area (Å²) in [5.41, 5.74) is 3.46. The quantitative estimate of drug-likeness (QED) is 0.750. The van der Waals surface area contributed by atoms with Gasteiger partial charge in [-0.05, 0) is 36.1 Å². The third-order valence-electron chi connectivity index (χ3n) is 2.43. The highest BCUT2D eigenvalue weighted by atomic mass is 16.4. The first-order chi connectivity index (χ1) is 7.76. The van der Waals surface area contributed by atoms with Gasteiger partial charge < -0.3 is 0 Å². The number of hydrogen-bond acceptors (Lipinski definition) is 2. The van der Waals surface area contributed by atoms with Gasteiger partial charge in [0.1, 0.15) is 11.1 Å². The molecule has 0 bridgehead atoms. The molecule has 1 aromatic rings. The topological polar surface area (TPSA) is 49.2 Å². The van der Waals surface area contributed by atoms with Gasteiger partial charge in [0.25, 0.3) is 0 Å². The maximum atomic E-state index is 8.52. The van der Waals surface area contributed by atoms with Crippen LogP contribution in [0.4, 0.5) is 0 Å². The lowest BCUT2D eigenvalue weighted by Crippen LogP contribution is -1.95. The molecule has 0 amide bonds. The van der Waals surface area contributed by atoms with Crippen molar-refractivity contribution < 1.29 is 10.4 Å². The maximum Gasteiger partial charge on any atom is 0.388 e. The van der Waals surface area contributed by atoms with Crippen LogP contribution in [0.15, 0.2) is 12.1 Å². The zero-order chi connectivity index (χ0) is 12.0. The fourth-order valence-electron chi connectivity index (χ4n) is 1.59. The van der Waals surface area contributed by atoms with E-state index in [1.54, 1.807) is 0 Å². The standard InChI is InChI=1S/C12H12N2O2/c1-3-9-5-12(8-14-16)10(4-2)6-11(9)7-13-15/h5-6H,3-4H2,1-2H3/p+2. The molecule has 0 aliphatic rings. The largest absolute Gasteiger partial charge is 0.388 e. The third-order valence-corrected chi connectivity index (χ3v) is 2.43. The van der Waals surface area contributed by atoms with Crippen LogP contribution >= 0.6 is 0 Å². The zero-order valence-corrected chi connectivity index (χ0v) is 9.36. The maximum absolute atomic E-state index is 8.52. The van der Waals surface area contributed by atoms with Crippen LogP contribution in [-0.4, -0.2) is 10.4 Å². The van der Waals surface area contributed by atoms with Crippen molar-refractivity contribution in [1.29, 1.82) is 0 Å². The zero-order valence-electron chi connectivity index (χ0n) is 9.36. The van der Waals surface area contributed by atoms with Crippen LogP contribution < -0.4 is 0 Å². The van der Waals surface area contributed by atoms with Gasteiger partial charge in [0.05, 0.1) is 0 Å². The molecule has 0 aliphatic heterocycles. The van der Waals surface area contributed by atoms with Crippen molar-refractivity contribution in [3.05, 3.63) is 44.4 Å². The molecular weight excluding hydrogens is 204 g/mol. The lowest BCUT2D eigenvalue weighted by molar-refractivity contribution is 0.464. The van der Waals surface area contributed by atoms with Crippen LogP contribution in [0.5, 0.6) is 0 Å². The second kappa shape index (κ2) is 5.63. The van der Waals surface area contributed by atoms with Gasteiger partial charge in [-0.2, -0.15) is 10.4 Å². The molecule has 4 nitrogen and oxygen atoms in total. The van der Waals surface area contributed by atoms with Crippen molar-refractivity contribution in [3.8, 4) is 12.1 Å². The van der Waals surface area contributed by atoms with Crippen LogP contribution in [0.1, 0.15) is 36.1 Å². The fraction of sp³-hybridized carbons (Fsp3) is 0.333. The van der Waals surface area contributed by atoms with Crippen molar-refractivity contribution in [2.24, 2.45) is 0 Å². The molecule has 1 rings (SSSR count). The first-order valence-electron chi connectivity index (χ1n) is 5.12. The average Bonchev–Trinajstić information content (AvgIpc) is 2.31. The molecular formula is C12H14N2O2+2. The number of benzene rings is 1. The van der Waals surface area contributed by atoms with Crippen molar-refractivity contribution >= 4 is 0 Å². The molecule has 0 radical (unpaired) electrons. The minimum Gasteiger partial charge on any atom is -0.177 e. The third kappa shape index (κ3) is 2.43. The van der Waals surface area contributed by atoms with Gasteiger partial charge in [-0.3, -0.25) is 0 Å². The Bertz CT molecular complexity index is 454. The molecule has 4 heteroatoms. The second-order valence-corrected chi connectivity index (χ2v) is 3.30. The van der Waals surface area contributed by atoms with Crippen molar-refractivity contribution in [2.45, 2.75) is 26.7 Å². The van der Waals surface area contributed by atoms with E-state index in [2.05, 4.69) is 22.2 Å². The van der Waals surface area contributed by atoms with Crippen LogP contribution in [0, 0.1) is 12.1 Å². The summed E-state index contributed by atoms with van der Waals surface area (Å²) in [4.78, 5) is 0. The predicted molar refractivity (Wildman–Crippen MR) is 61.5 cm³/mol. The number of hydrogen-bond donors (Lipinski definition) is 2. The molecule has 16 heavy (non-hydrogen) atoms. The van der Waals surface area contributed by atoms with Crippen LogP contribution in [0.2, 0.25) is 0 Å². The van der Waals surface area contributed by atoms with E-state index in [9.17, 15) is 0 Å². The Morgan fingerprint density at radius 1 is 0.938 bits per heavy atom. The minimum absolute atomic E-state index is 0.755. The lowest BCUT2D eigenvalue weighted by atomic mass is 9.97. The summed E-state index contributed by atoms with van der Waals surface area (Å²) in [5, 5.41) is 22.9. The summed E-state index contributed by atoms with van der Waals surface area (Å²) in [7, 11) is 0. The molecule has 2 N–H and O–H groups in total. The Labute approximate surface area is 94.3 Å². The Hall–Kier alpha value is -2.20. The van der Waals surface area contributed by atoms with Gasteiger partial charge in [0.2, 0.25) is 10.0 Å². The van der Waals surface area contributed by atoms with E-state index in [1.165, 1.54) is 0 Å². The monoisotopic (exact) mass is 218 g/mol. The molecule has 0 spiro atoms. The molecule has 0 saturated carbocycles. The fourth-order valence-corrected chi connectivity index (χ4v) is 1.59. The first kappa shape index (κ1) is 11.9. The molecule has 0 atom stereocenters. The molecule has 82 valence electrons. The normalized spacial score (nSPS) is 8.62.